The molecule has 2 aromatic heterocycles. The summed E-state index contributed by atoms with van der Waals surface area (Å²) in [5.74, 6) is -0.0798. The summed E-state index contributed by atoms with van der Waals surface area (Å²) in [5.41, 5.74) is 8.15. The van der Waals surface area contributed by atoms with E-state index in [-0.39, 0.29) is 11.9 Å². The first-order valence-electron chi connectivity index (χ1n) is 6.40. The number of thiophene rings is 1. The molecule has 0 radical (unpaired) electrons. The normalized spacial score (nSPS) is 12.3. The number of carbonyl (C=O) groups is 1. The van der Waals surface area contributed by atoms with E-state index in [1.807, 2.05) is 34.5 Å². The molecule has 1 atom stereocenters. The molecule has 19 heavy (non-hydrogen) atoms. The summed E-state index contributed by atoms with van der Waals surface area (Å²) < 4.78 is 1.91. The molecule has 2 rings (SSSR count). The number of nitrogens with two attached hydrogens (primary N) is 1. The van der Waals surface area contributed by atoms with Crippen molar-refractivity contribution >= 4 is 22.9 Å². The van der Waals surface area contributed by atoms with Crippen LogP contribution in [0, 0.1) is 0 Å². The third-order valence-electron chi connectivity index (χ3n) is 3.01. The SMILES string of the molecule is CCCn1cc(N)cc1C(=O)NC(C)c1ccsc1. The van der Waals surface area contributed by atoms with E-state index >= 15 is 0 Å². The predicted octanol–water partition coefficient (Wildman–Crippen LogP) is 3.03. The Bertz CT molecular complexity index is 545. The summed E-state index contributed by atoms with van der Waals surface area (Å²) in [4.78, 5) is 12.3. The van der Waals surface area contributed by atoms with Crippen LogP contribution in [0.2, 0.25) is 0 Å². The molecule has 0 fully saturated rings. The van der Waals surface area contributed by atoms with Crippen molar-refractivity contribution in [1.29, 1.82) is 0 Å². The molecule has 5 heteroatoms. The molecule has 1 amide bonds. The number of aryl methyl sites for hydroxylation is 1. The van der Waals surface area contributed by atoms with Crippen LogP contribution in [0.15, 0.2) is 29.1 Å². The number of anilines is 1. The Morgan fingerprint density at radius 3 is 3.00 bits per heavy atom. The maximum Gasteiger partial charge on any atom is 0.268 e. The zero-order valence-corrected chi connectivity index (χ0v) is 12.0. The average molecular weight is 277 g/mol. The maximum absolute atomic E-state index is 12.3. The maximum atomic E-state index is 12.3. The van der Waals surface area contributed by atoms with Gasteiger partial charge in [-0.25, -0.2) is 0 Å². The van der Waals surface area contributed by atoms with Crippen LogP contribution in [0.5, 0.6) is 0 Å². The zero-order valence-electron chi connectivity index (χ0n) is 11.2. The minimum atomic E-state index is -0.0798. The van der Waals surface area contributed by atoms with Gasteiger partial charge in [-0.15, -0.1) is 0 Å². The molecule has 2 aromatic rings. The van der Waals surface area contributed by atoms with Crippen molar-refractivity contribution in [2.24, 2.45) is 0 Å². The average Bonchev–Trinajstić information content (AvgIpc) is 2.99. The number of nitrogens with zero attached hydrogens (tertiary/aromatic N) is 1. The molecule has 1 unspecified atom stereocenters. The quantitative estimate of drug-likeness (QED) is 0.882. The van der Waals surface area contributed by atoms with Crippen LogP contribution in [0.4, 0.5) is 5.69 Å². The van der Waals surface area contributed by atoms with Crippen molar-refractivity contribution < 1.29 is 4.79 Å². The van der Waals surface area contributed by atoms with Gasteiger partial charge in [-0.3, -0.25) is 4.79 Å². The van der Waals surface area contributed by atoms with E-state index in [1.54, 1.807) is 17.4 Å². The van der Waals surface area contributed by atoms with Crippen LogP contribution in [0.1, 0.15) is 42.4 Å². The van der Waals surface area contributed by atoms with Gasteiger partial charge in [0.25, 0.3) is 5.91 Å². The van der Waals surface area contributed by atoms with Crippen LogP contribution >= 0.6 is 11.3 Å². The lowest BCUT2D eigenvalue weighted by Gasteiger charge is -2.14. The number of nitrogen functional groups attached to an aromatic ring is 1. The van der Waals surface area contributed by atoms with E-state index in [0.717, 1.165) is 18.5 Å². The van der Waals surface area contributed by atoms with Gasteiger partial charge in [-0.2, -0.15) is 11.3 Å². The van der Waals surface area contributed by atoms with Gasteiger partial charge >= 0.3 is 0 Å². The molecule has 3 N–H and O–H groups in total. The van der Waals surface area contributed by atoms with Crippen molar-refractivity contribution in [3.05, 3.63) is 40.3 Å². The largest absolute Gasteiger partial charge is 0.397 e. The van der Waals surface area contributed by atoms with Crippen LogP contribution in [-0.2, 0) is 6.54 Å². The van der Waals surface area contributed by atoms with Crippen LogP contribution in [-0.4, -0.2) is 10.5 Å². The molecule has 0 aliphatic carbocycles. The lowest BCUT2D eigenvalue weighted by molar-refractivity contribution is 0.0930. The van der Waals surface area contributed by atoms with E-state index in [9.17, 15) is 4.79 Å². The molecule has 2 heterocycles. The monoisotopic (exact) mass is 277 g/mol. The number of hydrogen-bond donors (Lipinski definition) is 2. The molecule has 0 aromatic carbocycles. The second kappa shape index (κ2) is 5.93. The molecule has 0 spiro atoms. The van der Waals surface area contributed by atoms with Crippen molar-refractivity contribution in [2.75, 3.05) is 5.73 Å². The standard InChI is InChI=1S/C14H19N3OS/c1-3-5-17-8-12(15)7-13(17)14(18)16-10(2)11-4-6-19-9-11/h4,6-10H,3,5,15H2,1-2H3,(H,16,18). The first kappa shape index (κ1) is 13.7. The lowest BCUT2D eigenvalue weighted by Crippen LogP contribution is -2.28. The minimum absolute atomic E-state index is 0.00458. The Hall–Kier alpha value is -1.75. The van der Waals surface area contributed by atoms with Crippen LogP contribution < -0.4 is 11.1 Å². The van der Waals surface area contributed by atoms with Crippen molar-refractivity contribution in [1.82, 2.24) is 9.88 Å². The fraction of sp³-hybridized carbons (Fsp3) is 0.357. The van der Waals surface area contributed by atoms with Crippen molar-refractivity contribution in [2.45, 2.75) is 32.9 Å². The molecule has 4 nitrogen and oxygen atoms in total. The molecule has 0 saturated carbocycles. The predicted molar refractivity (Wildman–Crippen MR) is 79.3 cm³/mol. The van der Waals surface area contributed by atoms with Gasteiger partial charge < -0.3 is 15.6 Å². The second-order valence-corrected chi connectivity index (χ2v) is 5.38. The van der Waals surface area contributed by atoms with E-state index in [2.05, 4.69) is 12.2 Å². The Kier molecular flexibility index (Phi) is 4.27. The fourth-order valence-corrected chi connectivity index (χ4v) is 2.78. The zero-order chi connectivity index (χ0) is 13.8. The summed E-state index contributed by atoms with van der Waals surface area (Å²) in [6.45, 7) is 4.86. The smallest absolute Gasteiger partial charge is 0.268 e. The highest BCUT2D eigenvalue weighted by atomic mass is 32.1. The van der Waals surface area contributed by atoms with Crippen molar-refractivity contribution in [3.8, 4) is 0 Å². The minimum Gasteiger partial charge on any atom is -0.397 e. The topological polar surface area (TPSA) is 60.0 Å². The molecular formula is C14H19N3OS. The molecule has 0 aliphatic heterocycles. The number of rotatable bonds is 5. The highest BCUT2D eigenvalue weighted by Gasteiger charge is 2.15. The number of aromatic nitrogens is 1. The third-order valence-corrected chi connectivity index (χ3v) is 3.71. The van der Waals surface area contributed by atoms with Crippen LogP contribution in [0.3, 0.4) is 0 Å². The lowest BCUT2D eigenvalue weighted by atomic mass is 10.2. The van der Waals surface area contributed by atoms with E-state index in [0.29, 0.717) is 11.4 Å². The summed E-state index contributed by atoms with van der Waals surface area (Å²) >= 11 is 1.63. The molecule has 0 saturated heterocycles. The third kappa shape index (κ3) is 3.17. The van der Waals surface area contributed by atoms with Gasteiger partial charge in [0.2, 0.25) is 0 Å². The number of carbonyl (C=O) groups excluding carboxylic acids is 1. The second-order valence-electron chi connectivity index (χ2n) is 4.60. The van der Waals surface area contributed by atoms with Crippen molar-refractivity contribution in [3.63, 3.8) is 0 Å². The van der Waals surface area contributed by atoms with Gasteiger partial charge in [0, 0.05) is 12.7 Å². The molecule has 0 bridgehead atoms. The van der Waals surface area contributed by atoms with E-state index in [4.69, 9.17) is 5.73 Å². The molecule has 0 aliphatic rings. The van der Waals surface area contributed by atoms with Gasteiger partial charge in [-0.05, 0) is 41.8 Å². The van der Waals surface area contributed by atoms with Gasteiger partial charge in [-0.1, -0.05) is 6.92 Å². The first-order valence-corrected chi connectivity index (χ1v) is 7.34. The Morgan fingerprint density at radius 1 is 1.58 bits per heavy atom. The fourth-order valence-electron chi connectivity index (χ4n) is 2.02. The highest BCUT2D eigenvalue weighted by molar-refractivity contribution is 7.07. The molecular weight excluding hydrogens is 258 g/mol. The summed E-state index contributed by atoms with van der Waals surface area (Å²) in [6, 6.07) is 3.75. The Labute approximate surface area is 117 Å². The number of nitrogens with one attached hydrogen (secondary N) is 1. The summed E-state index contributed by atoms with van der Waals surface area (Å²) in [7, 11) is 0. The van der Waals surface area contributed by atoms with Gasteiger partial charge in [0.05, 0.1) is 11.7 Å². The van der Waals surface area contributed by atoms with E-state index < -0.39 is 0 Å². The Balaban J connectivity index is 2.11. The van der Waals surface area contributed by atoms with E-state index in [1.165, 1.54) is 0 Å². The van der Waals surface area contributed by atoms with Crippen LogP contribution in [0.25, 0.3) is 0 Å². The molecule has 102 valence electrons. The Morgan fingerprint density at radius 2 is 2.37 bits per heavy atom. The number of hydrogen-bond acceptors (Lipinski definition) is 3. The summed E-state index contributed by atoms with van der Waals surface area (Å²) in [6.07, 6.45) is 2.78. The van der Waals surface area contributed by atoms with Gasteiger partial charge in [0.15, 0.2) is 0 Å². The number of amides is 1. The highest BCUT2D eigenvalue weighted by Crippen LogP contribution is 2.17. The summed E-state index contributed by atoms with van der Waals surface area (Å²) in [5, 5.41) is 7.06. The first-order chi connectivity index (χ1) is 9.11. The van der Waals surface area contributed by atoms with Gasteiger partial charge in [0.1, 0.15) is 5.69 Å².